The molecule has 1 saturated heterocycles. The summed E-state index contributed by atoms with van der Waals surface area (Å²) in [5.41, 5.74) is 0.849. The van der Waals surface area contributed by atoms with Gasteiger partial charge in [0.05, 0.1) is 24.2 Å². The first-order valence-corrected chi connectivity index (χ1v) is 12.6. The highest BCUT2D eigenvalue weighted by atomic mass is 32.2. The first-order chi connectivity index (χ1) is 15.8. The fraction of sp³-hybridized carbons (Fsp3) is 0.458. The average molecular weight is 477 g/mol. The van der Waals surface area contributed by atoms with Crippen molar-refractivity contribution in [3.63, 3.8) is 0 Å². The lowest BCUT2D eigenvalue weighted by atomic mass is 9.95. The van der Waals surface area contributed by atoms with E-state index in [4.69, 9.17) is 9.47 Å². The van der Waals surface area contributed by atoms with Gasteiger partial charge in [0, 0.05) is 38.5 Å². The number of hydrogen-bond acceptors (Lipinski definition) is 5. The van der Waals surface area contributed by atoms with Crippen molar-refractivity contribution in [3.05, 3.63) is 53.8 Å². The fourth-order valence-electron chi connectivity index (χ4n) is 4.24. The van der Waals surface area contributed by atoms with Crippen LogP contribution in [0.15, 0.2) is 47.4 Å². The van der Waals surface area contributed by atoms with Crippen molar-refractivity contribution < 1.29 is 27.1 Å². The smallest absolute Gasteiger partial charge is 0.243 e. The van der Waals surface area contributed by atoms with Crippen molar-refractivity contribution in [2.24, 2.45) is 5.92 Å². The van der Waals surface area contributed by atoms with E-state index in [0.29, 0.717) is 37.6 Å². The van der Waals surface area contributed by atoms with Gasteiger partial charge in [-0.2, -0.15) is 4.31 Å². The summed E-state index contributed by atoms with van der Waals surface area (Å²) in [6, 6.07) is 10.6. The van der Waals surface area contributed by atoms with E-state index in [2.05, 4.69) is 0 Å². The molecule has 7 nitrogen and oxygen atoms in total. The monoisotopic (exact) mass is 476 g/mol. The zero-order chi connectivity index (χ0) is 23.6. The lowest BCUT2D eigenvalue weighted by Gasteiger charge is -2.34. The molecule has 178 valence electrons. The number of hydrogen-bond donors (Lipinski definition) is 0. The van der Waals surface area contributed by atoms with Gasteiger partial charge in [-0.25, -0.2) is 12.8 Å². The van der Waals surface area contributed by atoms with Crippen LogP contribution in [-0.4, -0.2) is 56.9 Å². The highest BCUT2D eigenvalue weighted by Gasteiger charge is 2.34. The number of carbonyl (C=O) groups is 1. The molecule has 1 atom stereocenters. The Morgan fingerprint density at radius 1 is 1.06 bits per heavy atom. The van der Waals surface area contributed by atoms with Gasteiger partial charge in [0.15, 0.2) is 11.5 Å². The van der Waals surface area contributed by atoms with Gasteiger partial charge in [-0.1, -0.05) is 12.1 Å². The van der Waals surface area contributed by atoms with Crippen molar-refractivity contribution in [3.8, 4) is 11.5 Å². The molecule has 33 heavy (non-hydrogen) atoms. The van der Waals surface area contributed by atoms with Crippen LogP contribution in [0.5, 0.6) is 11.5 Å². The summed E-state index contributed by atoms with van der Waals surface area (Å²) in [5, 5.41) is 0. The lowest BCUT2D eigenvalue weighted by molar-refractivity contribution is -0.137. The Morgan fingerprint density at radius 2 is 1.70 bits per heavy atom. The molecule has 0 bridgehead atoms. The minimum Gasteiger partial charge on any atom is -0.490 e. The quantitative estimate of drug-likeness (QED) is 0.659. The number of nitrogens with zero attached hydrogens (tertiary/aromatic N) is 2. The van der Waals surface area contributed by atoms with Crippen LogP contribution in [0.25, 0.3) is 0 Å². The normalized spacial score (nSPS) is 18.4. The fourth-order valence-corrected chi connectivity index (χ4v) is 5.73. The van der Waals surface area contributed by atoms with Crippen molar-refractivity contribution in [1.82, 2.24) is 9.21 Å². The highest BCUT2D eigenvalue weighted by molar-refractivity contribution is 7.89. The van der Waals surface area contributed by atoms with Gasteiger partial charge in [0.25, 0.3) is 0 Å². The molecular weight excluding hydrogens is 447 g/mol. The van der Waals surface area contributed by atoms with Crippen LogP contribution >= 0.6 is 0 Å². The maximum Gasteiger partial charge on any atom is 0.243 e. The number of sulfonamides is 1. The lowest BCUT2D eigenvalue weighted by Crippen LogP contribution is -2.43. The van der Waals surface area contributed by atoms with Gasteiger partial charge in [0.2, 0.25) is 15.9 Å². The van der Waals surface area contributed by atoms with Crippen LogP contribution in [0.4, 0.5) is 4.39 Å². The average Bonchev–Trinajstić information content (AvgIpc) is 3.08. The van der Waals surface area contributed by atoms with Gasteiger partial charge in [0.1, 0.15) is 5.82 Å². The second kappa shape index (κ2) is 9.69. The Kier molecular flexibility index (Phi) is 6.90. The summed E-state index contributed by atoms with van der Waals surface area (Å²) in [6.45, 7) is 3.45. The van der Waals surface area contributed by atoms with E-state index in [0.717, 1.165) is 12.0 Å². The predicted molar refractivity (Wildman–Crippen MR) is 121 cm³/mol. The van der Waals surface area contributed by atoms with Gasteiger partial charge in [-0.15, -0.1) is 0 Å². The number of piperidine rings is 1. The summed E-state index contributed by atoms with van der Waals surface area (Å²) in [6.07, 6.45) is 1.64. The molecule has 2 aromatic carbocycles. The molecule has 2 aliphatic rings. The van der Waals surface area contributed by atoms with E-state index in [1.807, 2.05) is 6.92 Å². The van der Waals surface area contributed by atoms with E-state index in [1.165, 1.54) is 28.6 Å². The van der Waals surface area contributed by atoms with Crippen molar-refractivity contribution >= 4 is 15.9 Å². The molecule has 1 fully saturated rings. The van der Waals surface area contributed by atoms with Crippen molar-refractivity contribution in [1.29, 1.82) is 0 Å². The molecule has 2 heterocycles. The van der Waals surface area contributed by atoms with Crippen molar-refractivity contribution in [2.45, 2.75) is 37.1 Å². The number of benzene rings is 2. The molecule has 0 aromatic heterocycles. The maximum atomic E-state index is 13.2. The third-order valence-electron chi connectivity index (χ3n) is 6.44. The summed E-state index contributed by atoms with van der Waals surface area (Å²) in [5.74, 6) is 0.388. The minimum atomic E-state index is -3.70. The molecule has 2 aromatic rings. The predicted octanol–water partition coefficient (Wildman–Crippen LogP) is 3.61. The summed E-state index contributed by atoms with van der Waals surface area (Å²) in [7, 11) is -1.97. The van der Waals surface area contributed by atoms with E-state index in [9.17, 15) is 17.6 Å². The molecular formula is C24H29FN2O5S. The third kappa shape index (κ3) is 4.99. The van der Waals surface area contributed by atoms with Gasteiger partial charge in [-0.05, 0) is 49.6 Å². The van der Waals surface area contributed by atoms with Crippen LogP contribution in [-0.2, 0) is 14.8 Å². The molecule has 0 aliphatic carbocycles. The molecule has 0 saturated carbocycles. The second-order valence-corrected chi connectivity index (χ2v) is 10.5. The number of fused-ring (bicyclic) bond motifs is 1. The Hall–Kier alpha value is -2.65. The van der Waals surface area contributed by atoms with Crippen LogP contribution in [0, 0.1) is 11.7 Å². The topological polar surface area (TPSA) is 76.2 Å². The molecule has 4 rings (SSSR count). The Morgan fingerprint density at radius 3 is 2.36 bits per heavy atom. The number of rotatable bonds is 5. The van der Waals surface area contributed by atoms with E-state index in [-0.39, 0.29) is 41.7 Å². The van der Waals surface area contributed by atoms with Gasteiger partial charge >= 0.3 is 0 Å². The van der Waals surface area contributed by atoms with Crippen LogP contribution < -0.4 is 9.47 Å². The summed E-state index contributed by atoms with van der Waals surface area (Å²) in [4.78, 5) is 14.9. The van der Waals surface area contributed by atoms with E-state index >= 15 is 0 Å². The Balaban J connectivity index is 1.40. The van der Waals surface area contributed by atoms with Crippen LogP contribution in [0.2, 0.25) is 0 Å². The Labute approximate surface area is 194 Å². The zero-order valence-corrected chi connectivity index (χ0v) is 19.7. The first kappa shape index (κ1) is 23.5. The second-order valence-electron chi connectivity index (χ2n) is 8.51. The first-order valence-electron chi connectivity index (χ1n) is 11.2. The van der Waals surface area contributed by atoms with Gasteiger partial charge in [-0.3, -0.25) is 4.79 Å². The van der Waals surface area contributed by atoms with E-state index < -0.39 is 10.0 Å². The van der Waals surface area contributed by atoms with Gasteiger partial charge < -0.3 is 14.4 Å². The minimum absolute atomic E-state index is 0.0283. The summed E-state index contributed by atoms with van der Waals surface area (Å²) < 4.78 is 52.2. The number of halogens is 1. The Bertz CT molecular complexity index is 1100. The maximum absolute atomic E-state index is 13.2. The summed E-state index contributed by atoms with van der Waals surface area (Å²) >= 11 is 0. The number of ether oxygens (including phenoxy) is 2. The molecule has 1 amide bonds. The third-order valence-corrected chi connectivity index (χ3v) is 8.34. The number of amides is 1. The molecule has 1 unspecified atom stereocenters. The van der Waals surface area contributed by atoms with Crippen LogP contribution in [0.3, 0.4) is 0 Å². The molecule has 0 spiro atoms. The SMILES string of the molecule is CC(c1ccc(F)cc1)N(C)C(=O)C1CCN(S(=O)(=O)c2ccc3c(c2)OCCCO3)CC1. The molecule has 9 heteroatoms. The number of carbonyl (C=O) groups excluding carboxylic acids is 1. The molecule has 2 aliphatic heterocycles. The standard InChI is InChI=1S/C24H29FN2O5S/c1-17(18-4-6-20(25)7-5-18)26(2)24(28)19-10-12-27(13-11-19)33(29,30)21-8-9-22-23(16-21)32-15-3-14-31-22/h4-9,16-17,19H,3,10-15H2,1-2H3. The van der Waals surface area contributed by atoms with E-state index in [1.54, 1.807) is 30.1 Å². The van der Waals surface area contributed by atoms with Crippen LogP contribution in [0.1, 0.15) is 37.8 Å². The highest BCUT2D eigenvalue weighted by Crippen LogP contribution is 2.34. The molecule has 0 N–H and O–H groups in total. The van der Waals surface area contributed by atoms with Crippen molar-refractivity contribution in [2.75, 3.05) is 33.4 Å². The largest absolute Gasteiger partial charge is 0.490 e. The zero-order valence-electron chi connectivity index (χ0n) is 18.9. The molecule has 0 radical (unpaired) electrons.